The zero-order valence-corrected chi connectivity index (χ0v) is 10.4. The molecule has 1 aromatic rings. The van der Waals surface area contributed by atoms with E-state index in [-0.39, 0.29) is 5.38 Å². The molecule has 1 aliphatic rings. The van der Waals surface area contributed by atoms with Gasteiger partial charge < -0.3 is 4.74 Å². The Morgan fingerprint density at radius 3 is 3.00 bits per heavy atom. The van der Waals surface area contributed by atoms with Gasteiger partial charge in [-0.15, -0.1) is 21.8 Å². The largest absolute Gasteiger partial charge is 0.378 e. The fourth-order valence-corrected chi connectivity index (χ4v) is 2.69. The van der Waals surface area contributed by atoms with Gasteiger partial charge in [0.25, 0.3) is 0 Å². The standard InChI is InChI=1S/C10H15ClN2OS/c1-7(11)10-13-12-9(15-10)6-8-4-2-3-5-14-8/h7-8H,2-6H2,1H3. The maximum absolute atomic E-state index is 5.94. The van der Waals surface area contributed by atoms with Crippen molar-refractivity contribution in [2.75, 3.05) is 6.61 Å². The Kier molecular flexibility index (Phi) is 3.94. The van der Waals surface area contributed by atoms with Crippen LogP contribution in [0.25, 0.3) is 0 Å². The summed E-state index contributed by atoms with van der Waals surface area (Å²) in [5.41, 5.74) is 0. The van der Waals surface area contributed by atoms with Gasteiger partial charge in [0.15, 0.2) is 0 Å². The van der Waals surface area contributed by atoms with Crippen molar-refractivity contribution in [2.45, 2.75) is 44.1 Å². The number of ether oxygens (including phenoxy) is 1. The van der Waals surface area contributed by atoms with Gasteiger partial charge in [0.1, 0.15) is 10.0 Å². The number of hydrogen-bond acceptors (Lipinski definition) is 4. The predicted octanol–water partition coefficient (Wildman–Crippen LogP) is 2.95. The SMILES string of the molecule is CC(Cl)c1nnc(CC2CCCCO2)s1. The Morgan fingerprint density at radius 2 is 2.40 bits per heavy atom. The summed E-state index contributed by atoms with van der Waals surface area (Å²) >= 11 is 7.54. The lowest BCUT2D eigenvalue weighted by Gasteiger charge is -2.21. The van der Waals surface area contributed by atoms with E-state index in [0.717, 1.165) is 29.5 Å². The Balaban J connectivity index is 1.91. The van der Waals surface area contributed by atoms with Crippen molar-refractivity contribution in [1.29, 1.82) is 0 Å². The fourth-order valence-electron chi connectivity index (χ4n) is 1.67. The lowest BCUT2D eigenvalue weighted by Crippen LogP contribution is -2.21. The second-order valence-corrected chi connectivity index (χ2v) is 5.59. The normalized spacial score (nSPS) is 24.0. The molecule has 15 heavy (non-hydrogen) atoms. The molecular weight excluding hydrogens is 232 g/mol. The molecule has 2 rings (SSSR count). The van der Waals surface area contributed by atoms with Gasteiger partial charge in [-0.25, -0.2) is 0 Å². The van der Waals surface area contributed by atoms with Crippen molar-refractivity contribution in [2.24, 2.45) is 0 Å². The Hall–Kier alpha value is -0.190. The molecule has 0 spiro atoms. The van der Waals surface area contributed by atoms with Gasteiger partial charge in [-0.2, -0.15) is 0 Å². The number of halogens is 1. The summed E-state index contributed by atoms with van der Waals surface area (Å²) in [6, 6.07) is 0. The topological polar surface area (TPSA) is 35.0 Å². The molecule has 1 saturated heterocycles. The summed E-state index contributed by atoms with van der Waals surface area (Å²) in [6.45, 7) is 2.81. The first kappa shape index (κ1) is 11.3. The van der Waals surface area contributed by atoms with Crippen molar-refractivity contribution in [1.82, 2.24) is 10.2 Å². The third-order valence-electron chi connectivity index (χ3n) is 2.50. The lowest BCUT2D eigenvalue weighted by atomic mass is 10.1. The summed E-state index contributed by atoms with van der Waals surface area (Å²) in [5.74, 6) is 0. The molecule has 0 saturated carbocycles. The molecule has 1 aliphatic heterocycles. The van der Waals surface area contributed by atoms with Crippen molar-refractivity contribution < 1.29 is 4.74 Å². The van der Waals surface area contributed by atoms with Gasteiger partial charge in [-0.1, -0.05) is 11.3 Å². The van der Waals surface area contributed by atoms with Crippen LogP contribution in [0.3, 0.4) is 0 Å². The van der Waals surface area contributed by atoms with E-state index >= 15 is 0 Å². The summed E-state index contributed by atoms with van der Waals surface area (Å²) < 4.78 is 5.66. The Morgan fingerprint density at radius 1 is 1.53 bits per heavy atom. The van der Waals surface area contributed by atoms with Crippen LogP contribution < -0.4 is 0 Å². The summed E-state index contributed by atoms with van der Waals surface area (Å²) in [5, 5.41) is 10.1. The molecule has 5 heteroatoms. The summed E-state index contributed by atoms with van der Waals surface area (Å²) in [6.07, 6.45) is 4.83. The fraction of sp³-hybridized carbons (Fsp3) is 0.800. The third-order valence-corrected chi connectivity index (χ3v) is 3.96. The van der Waals surface area contributed by atoms with Crippen LogP contribution in [0, 0.1) is 0 Å². The van der Waals surface area contributed by atoms with Crippen LogP contribution in [-0.2, 0) is 11.2 Å². The summed E-state index contributed by atoms with van der Waals surface area (Å²) in [4.78, 5) is 0. The van der Waals surface area contributed by atoms with Crippen LogP contribution in [-0.4, -0.2) is 22.9 Å². The lowest BCUT2D eigenvalue weighted by molar-refractivity contribution is 0.0167. The molecule has 0 N–H and O–H groups in total. The zero-order chi connectivity index (χ0) is 10.7. The molecule has 0 aliphatic carbocycles. The molecule has 1 aromatic heterocycles. The van der Waals surface area contributed by atoms with Crippen LogP contribution >= 0.6 is 22.9 Å². The van der Waals surface area contributed by atoms with E-state index < -0.39 is 0 Å². The monoisotopic (exact) mass is 246 g/mol. The molecule has 2 atom stereocenters. The van der Waals surface area contributed by atoms with Crippen LogP contribution in [0.4, 0.5) is 0 Å². The van der Waals surface area contributed by atoms with Gasteiger partial charge in [-0.3, -0.25) is 0 Å². The molecule has 0 radical (unpaired) electrons. The second kappa shape index (κ2) is 5.23. The van der Waals surface area contributed by atoms with Crippen LogP contribution in [0.15, 0.2) is 0 Å². The Bertz CT molecular complexity index is 310. The summed E-state index contributed by atoms with van der Waals surface area (Å²) in [7, 11) is 0. The first-order chi connectivity index (χ1) is 7.25. The number of hydrogen-bond donors (Lipinski definition) is 0. The molecule has 1 fully saturated rings. The molecule has 0 bridgehead atoms. The molecule has 2 unspecified atom stereocenters. The first-order valence-electron chi connectivity index (χ1n) is 5.33. The highest BCUT2D eigenvalue weighted by atomic mass is 35.5. The van der Waals surface area contributed by atoms with E-state index in [1.807, 2.05) is 6.92 Å². The second-order valence-electron chi connectivity index (χ2n) is 3.84. The zero-order valence-electron chi connectivity index (χ0n) is 8.78. The average Bonchev–Trinajstić information content (AvgIpc) is 2.68. The van der Waals surface area contributed by atoms with Crippen molar-refractivity contribution >= 4 is 22.9 Å². The van der Waals surface area contributed by atoms with Crippen LogP contribution in [0.5, 0.6) is 0 Å². The maximum Gasteiger partial charge on any atom is 0.135 e. The smallest absolute Gasteiger partial charge is 0.135 e. The molecule has 0 amide bonds. The van der Waals surface area contributed by atoms with Gasteiger partial charge in [-0.05, 0) is 26.2 Å². The van der Waals surface area contributed by atoms with E-state index in [9.17, 15) is 0 Å². The van der Waals surface area contributed by atoms with E-state index in [0.29, 0.717) is 6.10 Å². The number of rotatable bonds is 3. The van der Waals surface area contributed by atoms with Gasteiger partial charge in [0, 0.05) is 13.0 Å². The molecular formula is C10H15ClN2OS. The first-order valence-corrected chi connectivity index (χ1v) is 6.59. The average molecular weight is 247 g/mol. The highest BCUT2D eigenvalue weighted by molar-refractivity contribution is 7.11. The minimum Gasteiger partial charge on any atom is -0.378 e. The van der Waals surface area contributed by atoms with Gasteiger partial charge >= 0.3 is 0 Å². The van der Waals surface area contributed by atoms with E-state index in [1.165, 1.54) is 12.8 Å². The quantitative estimate of drug-likeness (QED) is 0.770. The number of alkyl halides is 1. The van der Waals surface area contributed by atoms with E-state index in [2.05, 4.69) is 10.2 Å². The van der Waals surface area contributed by atoms with E-state index in [1.54, 1.807) is 11.3 Å². The molecule has 3 nitrogen and oxygen atoms in total. The minimum absolute atomic E-state index is 0.0384. The van der Waals surface area contributed by atoms with Crippen molar-refractivity contribution in [3.8, 4) is 0 Å². The van der Waals surface area contributed by atoms with Gasteiger partial charge in [0.2, 0.25) is 0 Å². The van der Waals surface area contributed by atoms with Crippen molar-refractivity contribution in [3.63, 3.8) is 0 Å². The molecule has 2 heterocycles. The van der Waals surface area contributed by atoms with Gasteiger partial charge in [0.05, 0.1) is 11.5 Å². The molecule has 0 aromatic carbocycles. The predicted molar refractivity (Wildman–Crippen MR) is 61.5 cm³/mol. The maximum atomic E-state index is 5.94. The van der Waals surface area contributed by atoms with Crippen LogP contribution in [0.2, 0.25) is 0 Å². The van der Waals surface area contributed by atoms with E-state index in [4.69, 9.17) is 16.3 Å². The Labute approximate surface area is 98.8 Å². The third kappa shape index (κ3) is 3.13. The highest BCUT2D eigenvalue weighted by Crippen LogP contribution is 2.25. The minimum atomic E-state index is -0.0384. The van der Waals surface area contributed by atoms with Crippen LogP contribution in [0.1, 0.15) is 41.6 Å². The molecule has 84 valence electrons. The highest BCUT2D eigenvalue weighted by Gasteiger charge is 2.17. The van der Waals surface area contributed by atoms with Crippen molar-refractivity contribution in [3.05, 3.63) is 10.0 Å². The number of nitrogens with zero attached hydrogens (tertiary/aromatic N) is 2. The number of aromatic nitrogens is 2.